The van der Waals surface area contributed by atoms with Gasteiger partial charge >= 0.3 is 0 Å². The lowest BCUT2D eigenvalue weighted by Gasteiger charge is -2.03. The molecule has 0 bridgehead atoms. The highest BCUT2D eigenvalue weighted by Crippen LogP contribution is 2.27. The predicted molar refractivity (Wildman–Crippen MR) is 67.3 cm³/mol. The largest absolute Gasteiger partial charge is 0.263 e. The molecule has 0 atom stereocenters. The number of aromatic amines is 1. The summed E-state index contributed by atoms with van der Waals surface area (Å²) in [7, 11) is -3.44. The number of halogens is 1. The summed E-state index contributed by atoms with van der Waals surface area (Å²) < 4.78 is 27.1. The number of sulfonamides is 1. The first-order valence-electron chi connectivity index (χ1n) is 4.66. The molecule has 0 radical (unpaired) electrons. The van der Waals surface area contributed by atoms with Crippen LogP contribution in [0.15, 0.2) is 26.5 Å². The van der Waals surface area contributed by atoms with Crippen molar-refractivity contribution in [3.8, 4) is 0 Å². The van der Waals surface area contributed by atoms with Crippen molar-refractivity contribution in [3.63, 3.8) is 0 Å². The standard InChI is InChI=1S/C8H9BrN4O2S2/c9-6-2-4-16-8(6)17(14,15)12-3-1-7-10-5-11-13-7/h2,4-5,12H,1,3H2,(H,10,11,13). The minimum atomic E-state index is -3.44. The summed E-state index contributed by atoms with van der Waals surface area (Å²) in [6.45, 7) is 0.280. The fourth-order valence-electron chi connectivity index (χ4n) is 1.19. The first-order valence-corrected chi connectivity index (χ1v) is 7.82. The second kappa shape index (κ2) is 5.25. The van der Waals surface area contributed by atoms with Gasteiger partial charge in [-0.2, -0.15) is 5.10 Å². The number of aromatic nitrogens is 3. The first-order chi connectivity index (χ1) is 8.09. The Morgan fingerprint density at radius 1 is 1.53 bits per heavy atom. The van der Waals surface area contributed by atoms with Gasteiger partial charge in [-0.3, -0.25) is 5.10 Å². The molecule has 0 aliphatic rings. The average molecular weight is 337 g/mol. The van der Waals surface area contributed by atoms with Gasteiger partial charge in [-0.15, -0.1) is 11.3 Å². The summed E-state index contributed by atoms with van der Waals surface area (Å²) in [5.41, 5.74) is 0. The molecule has 0 spiro atoms. The van der Waals surface area contributed by atoms with E-state index in [-0.39, 0.29) is 10.8 Å². The van der Waals surface area contributed by atoms with Crippen LogP contribution in [0.4, 0.5) is 0 Å². The second-order valence-corrected chi connectivity index (χ2v) is 6.87. The summed E-state index contributed by atoms with van der Waals surface area (Å²) in [6, 6.07) is 1.70. The maximum Gasteiger partial charge on any atom is 0.251 e. The fourth-order valence-corrected chi connectivity index (χ4v) is 4.60. The van der Waals surface area contributed by atoms with Crippen LogP contribution in [0.1, 0.15) is 5.82 Å². The summed E-state index contributed by atoms with van der Waals surface area (Å²) in [5.74, 6) is 0.651. The van der Waals surface area contributed by atoms with Crippen LogP contribution in [0.3, 0.4) is 0 Å². The van der Waals surface area contributed by atoms with E-state index in [1.807, 2.05) is 0 Å². The molecule has 6 nitrogen and oxygen atoms in total. The Kier molecular flexibility index (Phi) is 3.92. The van der Waals surface area contributed by atoms with Crippen molar-refractivity contribution < 1.29 is 8.42 Å². The first kappa shape index (κ1) is 12.7. The van der Waals surface area contributed by atoms with Crippen LogP contribution in [0, 0.1) is 0 Å². The molecule has 0 saturated carbocycles. The molecule has 2 rings (SSSR count). The van der Waals surface area contributed by atoms with E-state index in [2.05, 4.69) is 35.8 Å². The Morgan fingerprint density at radius 3 is 2.94 bits per heavy atom. The Bertz CT molecular complexity index is 578. The lowest BCUT2D eigenvalue weighted by molar-refractivity contribution is 0.582. The highest BCUT2D eigenvalue weighted by atomic mass is 79.9. The molecule has 2 heterocycles. The van der Waals surface area contributed by atoms with Gasteiger partial charge < -0.3 is 0 Å². The summed E-state index contributed by atoms with van der Waals surface area (Å²) in [5, 5.41) is 8.07. The average Bonchev–Trinajstić information content (AvgIpc) is 2.88. The number of H-pyrrole nitrogens is 1. The zero-order valence-corrected chi connectivity index (χ0v) is 11.8. The number of rotatable bonds is 5. The third kappa shape index (κ3) is 3.12. The zero-order chi connectivity index (χ0) is 12.3. The van der Waals surface area contributed by atoms with E-state index < -0.39 is 10.0 Å². The van der Waals surface area contributed by atoms with Gasteiger partial charge in [0.2, 0.25) is 0 Å². The van der Waals surface area contributed by atoms with Crippen LogP contribution >= 0.6 is 27.3 Å². The van der Waals surface area contributed by atoms with Gasteiger partial charge in [-0.1, -0.05) is 0 Å². The Morgan fingerprint density at radius 2 is 2.35 bits per heavy atom. The monoisotopic (exact) mass is 336 g/mol. The molecule has 0 aliphatic carbocycles. The zero-order valence-electron chi connectivity index (χ0n) is 8.55. The van der Waals surface area contributed by atoms with Crippen molar-refractivity contribution in [1.29, 1.82) is 0 Å². The molecule has 2 aromatic heterocycles. The fraction of sp³-hybridized carbons (Fsp3) is 0.250. The lowest BCUT2D eigenvalue weighted by atomic mass is 10.4. The minimum Gasteiger partial charge on any atom is -0.263 e. The minimum absolute atomic E-state index is 0.280. The highest BCUT2D eigenvalue weighted by Gasteiger charge is 2.18. The van der Waals surface area contributed by atoms with Crippen LogP contribution in [-0.4, -0.2) is 30.1 Å². The van der Waals surface area contributed by atoms with Gasteiger partial charge in [0.25, 0.3) is 10.0 Å². The quantitative estimate of drug-likeness (QED) is 0.857. The topological polar surface area (TPSA) is 87.7 Å². The maximum atomic E-state index is 11.9. The number of nitrogens with zero attached hydrogens (tertiary/aromatic N) is 2. The van der Waals surface area contributed by atoms with Crippen molar-refractivity contribution in [2.45, 2.75) is 10.6 Å². The predicted octanol–water partition coefficient (Wildman–Crippen LogP) is 1.15. The molecule has 2 aromatic rings. The van der Waals surface area contributed by atoms with Crippen LogP contribution in [-0.2, 0) is 16.4 Å². The highest BCUT2D eigenvalue weighted by molar-refractivity contribution is 9.10. The summed E-state index contributed by atoms with van der Waals surface area (Å²) >= 11 is 4.37. The molecule has 0 fully saturated rings. The van der Waals surface area contributed by atoms with Gasteiger partial charge in [0.1, 0.15) is 16.4 Å². The summed E-state index contributed by atoms with van der Waals surface area (Å²) in [6.07, 6.45) is 1.86. The Hall–Kier alpha value is -0.770. The van der Waals surface area contributed by atoms with E-state index >= 15 is 0 Å². The molecule has 92 valence electrons. The van der Waals surface area contributed by atoms with Gasteiger partial charge in [0.05, 0.1) is 0 Å². The van der Waals surface area contributed by atoms with E-state index in [0.29, 0.717) is 16.7 Å². The third-order valence-electron chi connectivity index (χ3n) is 1.95. The van der Waals surface area contributed by atoms with Gasteiger partial charge in [-0.05, 0) is 27.4 Å². The molecule has 0 unspecified atom stereocenters. The van der Waals surface area contributed by atoms with Crippen molar-refractivity contribution in [1.82, 2.24) is 19.9 Å². The van der Waals surface area contributed by atoms with E-state index in [1.54, 1.807) is 11.4 Å². The molecule has 9 heteroatoms. The normalized spacial score (nSPS) is 11.8. The number of hydrogen-bond acceptors (Lipinski definition) is 5. The second-order valence-electron chi connectivity index (χ2n) is 3.14. The Balaban J connectivity index is 1.97. The molecule has 0 saturated heterocycles. The Labute approximate surface area is 111 Å². The molecule has 0 aliphatic heterocycles. The van der Waals surface area contributed by atoms with E-state index in [9.17, 15) is 8.42 Å². The number of nitrogens with one attached hydrogen (secondary N) is 2. The number of thiophene rings is 1. The molecule has 0 amide bonds. The van der Waals surface area contributed by atoms with Crippen molar-refractivity contribution in [2.75, 3.05) is 6.54 Å². The van der Waals surface area contributed by atoms with E-state index in [1.165, 1.54) is 17.7 Å². The van der Waals surface area contributed by atoms with Crippen LogP contribution < -0.4 is 4.72 Å². The lowest BCUT2D eigenvalue weighted by Crippen LogP contribution is -2.25. The van der Waals surface area contributed by atoms with Crippen molar-refractivity contribution in [2.24, 2.45) is 0 Å². The third-order valence-corrected chi connectivity index (χ3v) is 6.08. The van der Waals surface area contributed by atoms with Crippen LogP contribution in [0.5, 0.6) is 0 Å². The molecular formula is C8H9BrN4O2S2. The molecular weight excluding hydrogens is 328 g/mol. The van der Waals surface area contributed by atoms with E-state index in [0.717, 1.165) is 0 Å². The van der Waals surface area contributed by atoms with E-state index in [4.69, 9.17) is 0 Å². The van der Waals surface area contributed by atoms with Crippen LogP contribution in [0.25, 0.3) is 0 Å². The number of hydrogen-bond donors (Lipinski definition) is 2. The molecule has 0 aromatic carbocycles. The van der Waals surface area contributed by atoms with Gasteiger partial charge in [0, 0.05) is 17.4 Å². The summed E-state index contributed by atoms with van der Waals surface area (Å²) in [4.78, 5) is 3.91. The molecule has 17 heavy (non-hydrogen) atoms. The maximum absolute atomic E-state index is 11.9. The SMILES string of the molecule is O=S(=O)(NCCc1ncn[nH]1)c1sccc1Br. The van der Waals surface area contributed by atoms with Gasteiger partial charge in [0.15, 0.2) is 0 Å². The van der Waals surface area contributed by atoms with Gasteiger partial charge in [-0.25, -0.2) is 18.1 Å². The van der Waals surface area contributed by atoms with Crippen molar-refractivity contribution in [3.05, 3.63) is 28.1 Å². The molecule has 2 N–H and O–H groups in total. The smallest absolute Gasteiger partial charge is 0.251 e. The van der Waals surface area contributed by atoms with Crippen LogP contribution in [0.2, 0.25) is 0 Å². The van der Waals surface area contributed by atoms with Crippen molar-refractivity contribution >= 4 is 37.3 Å².